The Morgan fingerprint density at radius 2 is 1.55 bits per heavy atom. The van der Waals surface area contributed by atoms with Crippen LogP contribution in [0.1, 0.15) is 48.3 Å². The van der Waals surface area contributed by atoms with Crippen LogP contribution in [0.2, 0.25) is 0 Å². The number of carbonyl (C=O) groups excluding carboxylic acids is 1. The summed E-state index contributed by atoms with van der Waals surface area (Å²) in [5.41, 5.74) is 0.630. The molecule has 4 rings (SSSR count). The second kappa shape index (κ2) is 8.87. The van der Waals surface area contributed by atoms with Crippen molar-refractivity contribution in [2.45, 2.75) is 44.2 Å². The number of amides is 1. The fourth-order valence-corrected chi connectivity index (χ4v) is 3.77. The zero-order valence-electron chi connectivity index (χ0n) is 16.4. The molecule has 0 spiro atoms. The Bertz CT molecular complexity index is 1080. The highest BCUT2D eigenvalue weighted by molar-refractivity contribution is 5.94. The van der Waals surface area contributed by atoms with Gasteiger partial charge in [-0.15, -0.1) is 0 Å². The van der Waals surface area contributed by atoms with Gasteiger partial charge in [0.05, 0.1) is 5.52 Å². The first-order valence-corrected chi connectivity index (χ1v) is 9.97. The molecule has 0 aliphatic heterocycles. The van der Waals surface area contributed by atoms with E-state index in [4.69, 9.17) is 0 Å². The summed E-state index contributed by atoms with van der Waals surface area (Å²) in [6.45, 7) is 0. The number of hydrogen-bond donors (Lipinski definition) is 2. The van der Waals surface area contributed by atoms with Gasteiger partial charge in [0, 0.05) is 23.0 Å². The van der Waals surface area contributed by atoms with Gasteiger partial charge >= 0.3 is 0 Å². The smallest absolute Gasteiger partial charge is 0.297 e. The molecule has 5 nitrogen and oxygen atoms in total. The molecule has 1 aliphatic carbocycles. The quantitative estimate of drug-likeness (QED) is 0.557. The van der Waals surface area contributed by atoms with Crippen molar-refractivity contribution in [1.29, 1.82) is 0 Å². The van der Waals surface area contributed by atoms with E-state index in [1.165, 1.54) is 42.5 Å². The Hall–Kier alpha value is -3.23. The molecule has 0 saturated heterocycles. The van der Waals surface area contributed by atoms with Crippen molar-refractivity contribution in [3.05, 3.63) is 65.5 Å². The number of nitrogens with zero attached hydrogens (tertiary/aromatic N) is 2. The van der Waals surface area contributed by atoms with Crippen molar-refractivity contribution in [2.75, 3.05) is 5.32 Å². The minimum atomic E-state index is -2.84. The molecule has 2 aromatic carbocycles. The molecule has 1 saturated carbocycles. The van der Waals surface area contributed by atoms with Crippen molar-refractivity contribution in [1.82, 2.24) is 15.3 Å². The summed E-state index contributed by atoms with van der Waals surface area (Å²) in [5.74, 6) is -1.61. The van der Waals surface area contributed by atoms with Crippen LogP contribution in [-0.4, -0.2) is 28.0 Å². The Labute approximate surface area is 175 Å². The van der Waals surface area contributed by atoms with Crippen molar-refractivity contribution in [2.24, 2.45) is 0 Å². The van der Waals surface area contributed by atoms with Gasteiger partial charge in [0.2, 0.25) is 0 Å². The first kappa shape index (κ1) is 21.0. The number of aromatic nitrogens is 2. The molecular formula is C22H20F4N4O. The molecule has 31 heavy (non-hydrogen) atoms. The lowest BCUT2D eigenvalue weighted by atomic mass is 9.91. The Morgan fingerprint density at radius 1 is 0.903 bits per heavy atom. The van der Waals surface area contributed by atoms with E-state index in [-0.39, 0.29) is 29.3 Å². The monoisotopic (exact) mass is 432 g/mol. The minimum Gasteiger partial charge on any atom is -0.367 e. The SMILES string of the molecule is O=C(NC1CCC(Nc2nc(C(F)F)nc3ccc(F)cc23)CC1)c1ccc(F)cc1. The topological polar surface area (TPSA) is 66.9 Å². The van der Waals surface area contributed by atoms with Gasteiger partial charge in [0.15, 0.2) is 5.82 Å². The number of fused-ring (bicyclic) bond motifs is 1. The van der Waals surface area contributed by atoms with E-state index in [1.54, 1.807) is 0 Å². The van der Waals surface area contributed by atoms with Crippen LogP contribution in [-0.2, 0) is 0 Å². The number of anilines is 1. The standard InChI is InChI=1S/C22H20F4N4O/c23-13-3-1-12(2-4-13)22(31)28-16-8-6-15(7-9-16)27-20-17-11-14(24)5-10-18(17)29-21(30-20)19(25)26/h1-5,10-11,15-16,19H,6-9H2,(H,28,31)(H,27,29,30). The molecule has 1 heterocycles. The lowest BCUT2D eigenvalue weighted by Crippen LogP contribution is -2.40. The van der Waals surface area contributed by atoms with Crippen LogP contribution in [0.3, 0.4) is 0 Å². The number of benzene rings is 2. The van der Waals surface area contributed by atoms with E-state index in [0.29, 0.717) is 36.6 Å². The number of hydrogen-bond acceptors (Lipinski definition) is 4. The summed E-state index contributed by atoms with van der Waals surface area (Å²) >= 11 is 0. The summed E-state index contributed by atoms with van der Waals surface area (Å²) < 4.78 is 53.1. The maximum Gasteiger partial charge on any atom is 0.297 e. The van der Waals surface area contributed by atoms with Gasteiger partial charge in [-0.2, -0.15) is 0 Å². The van der Waals surface area contributed by atoms with Gasteiger partial charge in [-0.3, -0.25) is 4.79 Å². The molecule has 9 heteroatoms. The summed E-state index contributed by atoms with van der Waals surface area (Å²) in [6.07, 6.45) is -0.168. The van der Waals surface area contributed by atoms with Crippen LogP contribution in [0.25, 0.3) is 10.9 Å². The normalized spacial score (nSPS) is 18.9. The Kier molecular flexibility index (Phi) is 6.01. The van der Waals surface area contributed by atoms with Crippen molar-refractivity contribution < 1.29 is 22.4 Å². The third-order valence-corrected chi connectivity index (χ3v) is 5.38. The van der Waals surface area contributed by atoms with E-state index in [9.17, 15) is 22.4 Å². The molecule has 1 amide bonds. The van der Waals surface area contributed by atoms with Crippen molar-refractivity contribution in [3.63, 3.8) is 0 Å². The van der Waals surface area contributed by atoms with Crippen LogP contribution in [0, 0.1) is 11.6 Å². The fraction of sp³-hybridized carbons (Fsp3) is 0.318. The second-order valence-corrected chi connectivity index (χ2v) is 7.57. The maximum atomic E-state index is 13.7. The van der Waals surface area contributed by atoms with E-state index in [1.807, 2.05) is 0 Å². The summed E-state index contributed by atoms with van der Waals surface area (Å²) in [4.78, 5) is 20.0. The average Bonchev–Trinajstić information content (AvgIpc) is 2.75. The van der Waals surface area contributed by atoms with Gasteiger partial charge < -0.3 is 10.6 Å². The highest BCUT2D eigenvalue weighted by Crippen LogP contribution is 2.28. The highest BCUT2D eigenvalue weighted by atomic mass is 19.3. The molecule has 1 aromatic heterocycles. The number of nitrogens with one attached hydrogen (secondary N) is 2. The van der Waals surface area contributed by atoms with Gasteiger partial charge in [0.25, 0.3) is 12.3 Å². The summed E-state index contributed by atoms with van der Waals surface area (Å²) in [7, 11) is 0. The lowest BCUT2D eigenvalue weighted by Gasteiger charge is -2.30. The first-order chi connectivity index (χ1) is 14.9. The zero-order valence-corrected chi connectivity index (χ0v) is 16.4. The average molecular weight is 432 g/mol. The molecule has 2 N–H and O–H groups in total. The predicted octanol–water partition coefficient (Wildman–Crippen LogP) is 5.00. The number of halogens is 4. The maximum absolute atomic E-state index is 13.7. The van der Waals surface area contributed by atoms with Crippen LogP contribution < -0.4 is 10.6 Å². The largest absolute Gasteiger partial charge is 0.367 e. The van der Waals surface area contributed by atoms with Crippen LogP contribution in [0.4, 0.5) is 23.4 Å². The van der Waals surface area contributed by atoms with Gasteiger partial charge in [-0.05, 0) is 68.1 Å². The summed E-state index contributed by atoms with van der Waals surface area (Å²) in [6, 6.07) is 8.96. The third kappa shape index (κ3) is 4.92. The van der Waals surface area contributed by atoms with E-state index < -0.39 is 23.9 Å². The van der Waals surface area contributed by atoms with Gasteiger partial charge in [-0.25, -0.2) is 27.5 Å². The first-order valence-electron chi connectivity index (χ1n) is 9.97. The molecule has 162 valence electrons. The Morgan fingerprint density at radius 3 is 2.23 bits per heavy atom. The molecule has 0 unspecified atom stereocenters. The van der Waals surface area contributed by atoms with E-state index in [0.717, 1.165) is 0 Å². The predicted molar refractivity (Wildman–Crippen MR) is 108 cm³/mol. The third-order valence-electron chi connectivity index (χ3n) is 5.38. The van der Waals surface area contributed by atoms with Crippen molar-refractivity contribution in [3.8, 4) is 0 Å². The molecule has 3 aromatic rings. The van der Waals surface area contributed by atoms with Gasteiger partial charge in [0.1, 0.15) is 17.5 Å². The highest BCUT2D eigenvalue weighted by Gasteiger charge is 2.24. The molecule has 0 bridgehead atoms. The van der Waals surface area contributed by atoms with E-state index >= 15 is 0 Å². The molecular weight excluding hydrogens is 412 g/mol. The Balaban J connectivity index is 1.42. The zero-order chi connectivity index (χ0) is 22.0. The number of rotatable bonds is 5. The van der Waals surface area contributed by atoms with Crippen LogP contribution >= 0.6 is 0 Å². The molecule has 0 radical (unpaired) electrons. The minimum absolute atomic E-state index is 0.0492. The van der Waals surface area contributed by atoms with Gasteiger partial charge in [-0.1, -0.05) is 0 Å². The molecule has 0 atom stereocenters. The molecule has 1 fully saturated rings. The fourth-order valence-electron chi connectivity index (χ4n) is 3.77. The molecule has 1 aliphatic rings. The number of alkyl halides is 2. The van der Waals surface area contributed by atoms with Crippen LogP contribution in [0.5, 0.6) is 0 Å². The second-order valence-electron chi connectivity index (χ2n) is 7.57. The summed E-state index contributed by atoms with van der Waals surface area (Å²) in [5, 5.41) is 6.43. The number of carbonyl (C=O) groups is 1. The van der Waals surface area contributed by atoms with E-state index in [2.05, 4.69) is 20.6 Å². The lowest BCUT2D eigenvalue weighted by molar-refractivity contribution is 0.0926. The van der Waals surface area contributed by atoms with Crippen molar-refractivity contribution >= 4 is 22.6 Å². The van der Waals surface area contributed by atoms with Crippen LogP contribution in [0.15, 0.2) is 42.5 Å².